The smallest absolute Gasteiger partial charge is 0.329 e. The number of imidazole rings is 1. The van der Waals surface area contributed by atoms with Gasteiger partial charge in [0.05, 0.1) is 16.7 Å². The second-order valence-electron chi connectivity index (χ2n) is 6.15. The third-order valence-corrected chi connectivity index (χ3v) is 4.43. The lowest BCUT2D eigenvalue weighted by Crippen LogP contribution is -2.35. The average molecular weight is 381 g/mol. The highest BCUT2D eigenvalue weighted by atomic mass is 19.1. The van der Waals surface area contributed by atoms with E-state index in [1.807, 2.05) is 37.3 Å². The fourth-order valence-corrected chi connectivity index (χ4v) is 3.11. The van der Waals surface area contributed by atoms with E-state index < -0.39 is 5.82 Å². The molecule has 0 aliphatic heterocycles. The summed E-state index contributed by atoms with van der Waals surface area (Å²) in [5, 5.41) is 14.7. The van der Waals surface area contributed by atoms with Crippen LogP contribution >= 0.6 is 0 Å². The van der Waals surface area contributed by atoms with Crippen LogP contribution in [-0.2, 0) is 17.9 Å². The maximum atomic E-state index is 13.6. The first-order valence-electron chi connectivity index (χ1n) is 8.94. The highest BCUT2D eigenvalue weighted by molar-refractivity contribution is 5.81. The van der Waals surface area contributed by atoms with Crippen LogP contribution in [0.2, 0.25) is 0 Å². The van der Waals surface area contributed by atoms with Crippen LogP contribution in [0.15, 0.2) is 47.3 Å². The number of benzene rings is 2. The van der Waals surface area contributed by atoms with Gasteiger partial charge in [-0.2, -0.15) is 5.26 Å². The Labute approximate surface area is 161 Å². The fourth-order valence-electron chi connectivity index (χ4n) is 3.11. The number of carbonyl (C=O) groups is 1. The number of fused-ring (bicyclic) bond motifs is 1. The number of amides is 1. The predicted octanol–water partition coefficient (Wildman–Crippen LogP) is 2.06. The summed E-state index contributed by atoms with van der Waals surface area (Å²) in [7, 11) is 0. The van der Waals surface area contributed by atoms with Gasteiger partial charge in [0.15, 0.2) is 0 Å². The Balaban J connectivity index is 1.61. The molecule has 0 bridgehead atoms. The summed E-state index contributed by atoms with van der Waals surface area (Å²) in [5.74, 6) is -0.897. The Hall–Kier alpha value is -3.60. The van der Waals surface area contributed by atoms with E-state index in [9.17, 15) is 14.0 Å². The SMILES string of the molecule is CCn1c(=O)n(CC(=O)NCCNc2cccc(F)c2C#N)c2ccccc21. The molecular formula is C20H20FN5O2. The van der Waals surface area contributed by atoms with Crippen molar-refractivity contribution in [2.24, 2.45) is 0 Å². The Bertz CT molecular complexity index is 1110. The van der Waals surface area contributed by atoms with Gasteiger partial charge in [0.2, 0.25) is 5.91 Å². The zero-order chi connectivity index (χ0) is 20.1. The highest BCUT2D eigenvalue weighted by Crippen LogP contribution is 2.17. The number of nitriles is 1. The van der Waals surface area contributed by atoms with Crippen LogP contribution < -0.4 is 16.3 Å². The van der Waals surface area contributed by atoms with E-state index in [1.165, 1.54) is 16.7 Å². The van der Waals surface area contributed by atoms with Crippen molar-refractivity contribution in [3.8, 4) is 6.07 Å². The van der Waals surface area contributed by atoms with E-state index >= 15 is 0 Å². The zero-order valence-electron chi connectivity index (χ0n) is 15.4. The summed E-state index contributed by atoms with van der Waals surface area (Å²) in [5.41, 5.74) is 1.59. The molecule has 28 heavy (non-hydrogen) atoms. The Morgan fingerprint density at radius 2 is 1.82 bits per heavy atom. The minimum Gasteiger partial charge on any atom is -0.382 e. The van der Waals surface area contributed by atoms with Crippen molar-refractivity contribution in [1.82, 2.24) is 14.5 Å². The van der Waals surface area contributed by atoms with Crippen LogP contribution in [0.4, 0.5) is 10.1 Å². The van der Waals surface area contributed by atoms with Gasteiger partial charge >= 0.3 is 5.69 Å². The van der Waals surface area contributed by atoms with Gasteiger partial charge in [-0.15, -0.1) is 0 Å². The molecule has 0 atom stereocenters. The molecule has 0 saturated heterocycles. The third kappa shape index (κ3) is 3.74. The molecule has 3 aromatic rings. The van der Waals surface area contributed by atoms with Crippen LogP contribution in [0.1, 0.15) is 12.5 Å². The monoisotopic (exact) mass is 381 g/mol. The maximum Gasteiger partial charge on any atom is 0.329 e. The van der Waals surface area contributed by atoms with E-state index in [-0.39, 0.29) is 30.2 Å². The summed E-state index contributed by atoms with van der Waals surface area (Å²) >= 11 is 0. The molecule has 0 fully saturated rings. The number of nitrogens with zero attached hydrogens (tertiary/aromatic N) is 3. The lowest BCUT2D eigenvalue weighted by Gasteiger charge is -2.10. The second-order valence-corrected chi connectivity index (χ2v) is 6.15. The molecule has 0 unspecified atom stereocenters. The molecule has 0 spiro atoms. The van der Waals surface area contributed by atoms with Crippen LogP contribution in [-0.4, -0.2) is 28.1 Å². The largest absolute Gasteiger partial charge is 0.382 e. The van der Waals surface area contributed by atoms with Gasteiger partial charge in [0, 0.05) is 19.6 Å². The number of anilines is 1. The molecule has 3 rings (SSSR count). The Kier molecular flexibility index (Phi) is 5.75. The molecule has 1 amide bonds. The number of aryl methyl sites for hydroxylation is 1. The number of para-hydroxylation sites is 2. The average Bonchev–Trinajstić information content (AvgIpc) is 2.96. The zero-order valence-corrected chi connectivity index (χ0v) is 15.4. The molecule has 2 N–H and O–H groups in total. The van der Waals surface area contributed by atoms with Gasteiger partial charge in [-0.3, -0.25) is 13.9 Å². The number of nitrogens with one attached hydrogen (secondary N) is 2. The summed E-state index contributed by atoms with van der Waals surface area (Å²) < 4.78 is 16.6. The maximum absolute atomic E-state index is 13.6. The molecule has 0 aliphatic carbocycles. The molecule has 1 aromatic heterocycles. The van der Waals surface area contributed by atoms with Gasteiger partial charge in [-0.25, -0.2) is 9.18 Å². The Morgan fingerprint density at radius 3 is 2.50 bits per heavy atom. The van der Waals surface area contributed by atoms with Crippen molar-refractivity contribution in [1.29, 1.82) is 5.26 Å². The van der Waals surface area contributed by atoms with E-state index in [2.05, 4.69) is 10.6 Å². The minimum atomic E-state index is -0.594. The van der Waals surface area contributed by atoms with E-state index in [0.29, 0.717) is 24.3 Å². The predicted molar refractivity (Wildman–Crippen MR) is 104 cm³/mol. The highest BCUT2D eigenvalue weighted by Gasteiger charge is 2.14. The van der Waals surface area contributed by atoms with Crippen molar-refractivity contribution >= 4 is 22.6 Å². The number of rotatable bonds is 7. The van der Waals surface area contributed by atoms with Crippen LogP contribution in [0.25, 0.3) is 11.0 Å². The number of halogens is 1. The second kappa shape index (κ2) is 8.39. The van der Waals surface area contributed by atoms with Crippen molar-refractivity contribution < 1.29 is 9.18 Å². The normalized spacial score (nSPS) is 10.6. The molecule has 144 valence electrons. The number of hydrogen-bond donors (Lipinski definition) is 2. The minimum absolute atomic E-state index is 0.0623. The van der Waals surface area contributed by atoms with Crippen LogP contribution in [0.3, 0.4) is 0 Å². The summed E-state index contributed by atoms with van der Waals surface area (Å²) in [6.07, 6.45) is 0. The summed E-state index contributed by atoms with van der Waals surface area (Å²) in [6.45, 7) is 2.89. The lowest BCUT2D eigenvalue weighted by molar-refractivity contribution is -0.121. The van der Waals surface area contributed by atoms with E-state index in [0.717, 1.165) is 5.52 Å². The number of aromatic nitrogens is 2. The van der Waals surface area contributed by atoms with Crippen molar-refractivity contribution in [3.63, 3.8) is 0 Å². The lowest BCUT2D eigenvalue weighted by atomic mass is 10.2. The molecule has 2 aromatic carbocycles. The topological polar surface area (TPSA) is 91.8 Å². The molecule has 0 saturated carbocycles. The first kappa shape index (κ1) is 19.2. The molecule has 0 aliphatic rings. The van der Waals surface area contributed by atoms with Gasteiger partial charge in [0.25, 0.3) is 0 Å². The van der Waals surface area contributed by atoms with Gasteiger partial charge in [0.1, 0.15) is 24.0 Å². The van der Waals surface area contributed by atoms with E-state index in [4.69, 9.17) is 5.26 Å². The van der Waals surface area contributed by atoms with Crippen LogP contribution in [0.5, 0.6) is 0 Å². The summed E-state index contributed by atoms with van der Waals surface area (Å²) in [4.78, 5) is 24.8. The van der Waals surface area contributed by atoms with Crippen molar-refractivity contribution in [2.75, 3.05) is 18.4 Å². The van der Waals surface area contributed by atoms with Crippen molar-refractivity contribution in [3.05, 3.63) is 64.3 Å². The first-order valence-corrected chi connectivity index (χ1v) is 8.94. The number of carbonyl (C=O) groups excluding carboxylic acids is 1. The summed E-state index contributed by atoms with van der Waals surface area (Å²) in [6, 6.07) is 13.5. The standard InChI is InChI=1S/C20H20FN5O2/c1-2-25-17-8-3-4-9-18(17)26(20(25)28)13-19(27)24-11-10-23-16-7-5-6-15(21)14(16)12-22/h3-9,23H,2,10-11,13H2,1H3,(H,24,27). The molecule has 8 heteroatoms. The van der Waals surface area contributed by atoms with Gasteiger partial charge < -0.3 is 10.6 Å². The first-order chi connectivity index (χ1) is 13.6. The Morgan fingerprint density at radius 1 is 1.11 bits per heavy atom. The molecule has 0 radical (unpaired) electrons. The van der Waals surface area contributed by atoms with E-state index in [1.54, 1.807) is 10.6 Å². The quantitative estimate of drug-likeness (QED) is 0.613. The van der Waals surface area contributed by atoms with Gasteiger partial charge in [-0.05, 0) is 31.2 Å². The fraction of sp³-hybridized carbons (Fsp3) is 0.250. The number of hydrogen-bond acceptors (Lipinski definition) is 4. The molecule has 7 nitrogen and oxygen atoms in total. The third-order valence-electron chi connectivity index (χ3n) is 4.43. The van der Waals surface area contributed by atoms with Crippen LogP contribution in [0, 0.1) is 17.1 Å². The van der Waals surface area contributed by atoms with Crippen molar-refractivity contribution in [2.45, 2.75) is 20.0 Å². The molecular weight excluding hydrogens is 361 g/mol. The molecule has 1 heterocycles. The van der Waals surface area contributed by atoms with Gasteiger partial charge in [-0.1, -0.05) is 18.2 Å².